The van der Waals surface area contributed by atoms with Gasteiger partial charge in [-0.15, -0.1) is 0 Å². The second kappa shape index (κ2) is 22.2. The van der Waals surface area contributed by atoms with Gasteiger partial charge in [0.1, 0.15) is 0 Å². The third kappa shape index (κ3) is 24.6. The molecule has 1 aromatic rings. The van der Waals surface area contributed by atoms with Crippen LogP contribution in [0.15, 0.2) is 30.3 Å². The molecule has 9 heteroatoms. The molecule has 0 N–H and O–H groups in total. The Morgan fingerprint density at radius 3 is 1.64 bits per heavy atom. The third-order valence-electron chi connectivity index (χ3n) is 3.74. The standard InChI is InChI=1S/C12H26O4S.C7H6O2.2Na/c1-2-3-4-5-6-7-8-9-10-11-12-16-17(13,14)15;8-7(9)6-4-2-1-3-5-6;;/h2-12H2,1H3,(H,13,14,15);1-5H,(H,8,9);;/q;;2*+1/p-2. The van der Waals surface area contributed by atoms with Gasteiger partial charge in [0.2, 0.25) is 10.4 Å². The zero-order chi connectivity index (χ0) is 19.7. The van der Waals surface area contributed by atoms with E-state index in [1.807, 2.05) is 0 Å². The van der Waals surface area contributed by atoms with Crippen LogP contribution in [0.2, 0.25) is 0 Å². The van der Waals surface area contributed by atoms with Crippen molar-refractivity contribution in [3.63, 3.8) is 0 Å². The van der Waals surface area contributed by atoms with Gasteiger partial charge in [-0.1, -0.05) is 95.0 Å². The van der Waals surface area contributed by atoms with Crippen molar-refractivity contribution < 1.29 is 86.2 Å². The van der Waals surface area contributed by atoms with Gasteiger partial charge < -0.3 is 14.5 Å². The summed E-state index contributed by atoms with van der Waals surface area (Å²) in [6.07, 6.45) is 11.7. The van der Waals surface area contributed by atoms with E-state index in [0.29, 0.717) is 6.42 Å². The third-order valence-corrected chi connectivity index (χ3v) is 4.19. The number of carboxylic acids is 1. The van der Waals surface area contributed by atoms with E-state index in [-0.39, 0.29) is 71.3 Å². The van der Waals surface area contributed by atoms with Crippen LogP contribution in [-0.2, 0) is 14.6 Å². The van der Waals surface area contributed by atoms with Gasteiger partial charge in [0.05, 0.1) is 12.6 Å². The van der Waals surface area contributed by atoms with Crippen molar-refractivity contribution >= 4 is 16.4 Å². The monoisotopic (exact) mass is 432 g/mol. The average molecular weight is 432 g/mol. The van der Waals surface area contributed by atoms with E-state index in [0.717, 1.165) is 12.8 Å². The fourth-order valence-corrected chi connectivity index (χ4v) is 2.65. The van der Waals surface area contributed by atoms with E-state index in [1.165, 1.54) is 57.1 Å². The zero-order valence-electron chi connectivity index (χ0n) is 17.5. The molecular formula is C19H30Na2O6S. The topological polar surface area (TPSA) is 107 Å². The van der Waals surface area contributed by atoms with E-state index < -0.39 is 16.4 Å². The van der Waals surface area contributed by atoms with Crippen molar-refractivity contribution in [1.29, 1.82) is 0 Å². The van der Waals surface area contributed by atoms with Crippen molar-refractivity contribution in [3.8, 4) is 0 Å². The molecule has 0 heterocycles. The summed E-state index contributed by atoms with van der Waals surface area (Å²) in [4.78, 5) is 10.1. The summed E-state index contributed by atoms with van der Waals surface area (Å²) >= 11 is 0. The minimum absolute atomic E-state index is 0. The number of aromatic carboxylic acids is 1. The molecule has 0 aliphatic carbocycles. The van der Waals surface area contributed by atoms with Gasteiger partial charge in [0.25, 0.3) is 0 Å². The predicted molar refractivity (Wildman–Crippen MR) is 98.3 cm³/mol. The predicted octanol–water partition coefficient (Wildman–Crippen LogP) is -2.56. The Morgan fingerprint density at radius 2 is 1.29 bits per heavy atom. The first-order chi connectivity index (χ1) is 12.4. The van der Waals surface area contributed by atoms with Gasteiger partial charge in [0.15, 0.2) is 0 Å². The number of carbonyl (C=O) groups is 1. The Balaban J connectivity index is -0.000000482. The Kier molecular flexibility index (Phi) is 26.4. The van der Waals surface area contributed by atoms with Gasteiger partial charge in [0, 0.05) is 0 Å². The number of hydrogen-bond acceptors (Lipinski definition) is 6. The number of carboxylic acid groups (broad SMARTS) is 1. The molecular weight excluding hydrogens is 402 g/mol. The van der Waals surface area contributed by atoms with Crippen LogP contribution < -0.4 is 64.2 Å². The molecule has 0 amide bonds. The quantitative estimate of drug-likeness (QED) is 0.147. The Hall–Kier alpha value is 0.560. The first-order valence-corrected chi connectivity index (χ1v) is 10.6. The Labute approximate surface area is 214 Å². The summed E-state index contributed by atoms with van der Waals surface area (Å²) in [6.45, 7) is 2.24. The first kappa shape index (κ1) is 33.2. The summed E-state index contributed by atoms with van der Waals surface area (Å²) in [5.74, 6) is -1.13. The van der Waals surface area contributed by atoms with Crippen molar-refractivity contribution in [1.82, 2.24) is 0 Å². The number of benzene rings is 1. The Bertz CT molecular complexity index is 567. The summed E-state index contributed by atoms with van der Waals surface area (Å²) < 4.78 is 34.5. The van der Waals surface area contributed by atoms with Gasteiger partial charge in [-0.2, -0.15) is 0 Å². The molecule has 0 aliphatic heterocycles. The zero-order valence-corrected chi connectivity index (χ0v) is 22.3. The summed E-state index contributed by atoms with van der Waals surface area (Å²) in [5.41, 5.74) is 0.220. The molecule has 0 saturated heterocycles. The van der Waals surface area contributed by atoms with Gasteiger partial charge in [-0.05, 0) is 12.0 Å². The van der Waals surface area contributed by atoms with E-state index in [1.54, 1.807) is 18.2 Å². The van der Waals surface area contributed by atoms with Gasteiger partial charge in [-0.3, -0.25) is 4.18 Å². The fourth-order valence-electron chi connectivity index (χ4n) is 2.32. The van der Waals surface area contributed by atoms with Crippen LogP contribution >= 0.6 is 0 Å². The minimum atomic E-state index is -4.48. The number of unbranched alkanes of at least 4 members (excludes halogenated alkanes) is 9. The molecule has 0 radical (unpaired) electrons. The SMILES string of the molecule is CCCCCCCCCCCCOS(=O)(=O)[O-].O=C([O-])c1ccccc1.[Na+].[Na+]. The van der Waals surface area contributed by atoms with Crippen LogP contribution in [0.1, 0.15) is 81.5 Å². The second-order valence-electron chi connectivity index (χ2n) is 6.07. The van der Waals surface area contributed by atoms with Crippen molar-refractivity contribution in [3.05, 3.63) is 35.9 Å². The van der Waals surface area contributed by atoms with E-state index in [4.69, 9.17) is 0 Å². The molecule has 150 valence electrons. The van der Waals surface area contributed by atoms with Gasteiger partial charge in [-0.25, -0.2) is 8.42 Å². The molecule has 0 atom stereocenters. The molecule has 0 spiro atoms. The molecule has 0 bridgehead atoms. The fraction of sp³-hybridized carbons (Fsp3) is 0.632. The molecule has 0 unspecified atom stereocenters. The molecule has 0 saturated carbocycles. The molecule has 1 aromatic carbocycles. The molecule has 28 heavy (non-hydrogen) atoms. The van der Waals surface area contributed by atoms with Crippen LogP contribution in [0.3, 0.4) is 0 Å². The largest absolute Gasteiger partial charge is 1.00 e. The van der Waals surface area contributed by atoms with Crippen LogP contribution in [0.5, 0.6) is 0 Å². The average Bonchev–Trinajstić information content (AvgIpc) is 2.60. The minimum Gasteiger partial charge on any atom is -0.726 e. The smallest absolute Gasteiger partial charge is 0.726 e. The van der Waals surface area contributed by atoms with Crippen LogP contribution in [0.4, 0.5) is 0 Å². The maximum absolute atomic E-state index is 10.1. The Morgan fingerprint density at radius 1 is 0.857 bits per heavy atom. The normalized spacial score (nSPS) is 10.1. The number of hydrogen-bond donors (Lipinski definition) is 0. The van der Waals surface area contributed by atoms with E-state index in [2.05, 4.69) is 11.1 Å². The van der Waals surface area contributed by atoms with Crippen molar-refractivity contribution in [2.45, 2.75) is 71.1 Å². The summed E-state index contributed by atoms with van der Waals surface area (Å²) in [5, 5.41) is 10.1. The maximum Gasteiger partial charge on any atom is 1.00 e. The summed E-state index contributed by atoms with van der Waals surface area (Å²) in [6, 6.07) is 8.06. The summed E-state index contributed by atoms with van der Waals surface area (Å²) in [7, 11) is -4.48. The van der Waals surface area contributed by atoms with Crippen LogP contribution in [0, 0.1) is 0 Å². The first-order valence-electron chi connectivity index (χ1n) is 9.23. The molecule has 6 nitrogen and oxygen atoms in total. The van der Waals surface area contributed by atoms with Crippen molar-refractivity contribution in [2.75, 3.05) is 6.61 Å². The second-order valence-corrected chi connectivity index (χ2v) is 7.12. The number of rotatable bonds is 13. The molecule has 0 aromatic heterocycles. The van der Waals surface area contributed by atoms with Crippen LogP contribution in [0.25, 0.3) is 0 Å². The van der Waals surface area contributed by atoms with Crippen LogP contribution in [-0.4, -0.2) is 25.5 Å². The van der Waals surface area contributed by atoms with Crippen molar-refractivity contribution in [2.24, 2.45) is 0 Å². The van der Waals surface area contributed by atoms with E-state index >= 15 is 0 Å². The maximum atomic E-state index is 10.1. The molecule has 0 aliphatic rings. The molecule has 1 rings (SSSR count). The van der Waals surface area contributed by atoms with Gasteiger partial charge >= 0.3 is 59.1 Å². The number of carbonyl (C=O) groups excluding carboxylic acids is 1. The van der Waals surface area contributed by atoms with E-state index in [9.17, 15) is 22.9 Å². The molecule has 0 fully saturated rings.